The van der Waals surface area contributed by atoms with Crippen LogP contribution in [0.25, 0.3) is 0 Å². The minimum Gasteiger partial charge on any atom is -0.482 e. The third-order valence-corrected chi connectivity index (χ3v) is 3.31. The van der Waals surface area contributed by atoms with Gasteiger partial charge in [0.1, 0.15) is 5.75 Å². The first-order valence-electron chi connectivity index (χ1n) is 6.07. The zero-order chi connectivity index (χ0) is 15.2. The van der Waals surface area contributed by atoms with Crippen molar-refractivity contribution < 1.29 is 9.53 Å². The average Bonchev–Trinajstić information content (AvgIpc) is 2.48. The Morgan fingerprint density at radius 2 is 2.10 bits per heavy atom. The molecule has 0 atom stereocenters. The quantitative estimate of drug-likeness (QED) is 0.833. The van der Waals surface area contributed by atoms with E-state index in [0.29, 0.717) is 27.2 Å². The van der Waals surface area contributed by atoms with Gasteiger partial charge in [0.25, 0.3) is 5.91 Å². The molecule has 1 amide bonds. The highest BCUT2D eigenvalue weighted by molar-refractivity contribution is 9.10. The number of anilines is 2. The molecular weight excluding hydrogens is 334 g/mol. The third kappa shape index (κ3) is 3.97. The van der Waals surface area contributed by atoms with E-state index in [1.54, 1.807) is 42.5 Å². The van der Waals surface area contributed by atoms with E-state index in [-0.39, 0.29) is 12.5 Å². The molecule has 0 heterocycles. The van der Waals surface area contributed by atoms with Crippen LogP contribution in [-0.4, -0.2) is 12.5 Å². The van der Waals surface area contributed by atoms with Gasteiger partial charge in [0.05, 0.1) is 23.0 Å². The van der Waals surface area contributed by atoms with Gasteiger partial charge >= 0.3 is 0 Å². The second kappa shape index (κ2) is 6.77. The number of halogens is 1. The van der Waals surface area contributed by atoms with Crippen LogP contribution in [0.1, 0.15) is 5.56 Å². The van der Waals surface area contributed by atoms with Crippen molar-refractivity contribution in [2.75, 3.05) is 17.7 Å². The molecule has 0 unspecified atom stereocenters. The number of nitrogens with zero attached hydrogens (tertiary/aromatic N) is 1. The highest BCUT2D eigenvalue weighted by Gasteiger charge is 2.08. The molecule has 106 valence electrons. The topological polar surface area (TPSA) is 88.1 Å². The Balaban J connectivity index is 1.96. The summed E-state index contributed by atoms with van der Waals surface area (Å²) >= 11 is 3.30. The van der Waals surface area contributed by atoms with Gasteiger partial charge in [-0.1, -0.05) is 12.1 Å². The fourth-order valence-corrected chi connectivity index (χ4v) is 2.11. The van der Waals surface area contributed by atoms with Gasteiger partial charge in [-0.05, 0) is 46.3 Å². The van der Waals surface area contributed by atoms with Gasteiger partial charge in [-0.15, -0.1) is 0 Å². The van der Waals surface area contributed by atoms with Gasteiger partial charge < -0.3 is 15.8 Å². The average molecular weight is 346 g/mol. The number of ether oxygens (including phenoxy) is 1. The summed E-state index contributed by atoms with van der Waals surface area (Å²) in [5.41, 5.74) is 7.28. The number of hydrogen-bond acceptors (Lipinski definition) is 4. The van der Waals surface area contributed by atoms with E-state index in [4.69, 9.17) is 15.7 Å². The van der Waals surface area contributed by atoms with Crippen molar-refractivity contribution in [2.24, 2.45) is 0 Å². The van der Waals surface area contributed by atoms with Crippen molar-refractivity contribution in [3.8, 4) is 11.8 Å². The lowest BCUT2D eigenvalue weighted by Gasteiger charge is -2.10. The van der Waals surface area contributed by atoms with E-state index in [9.17, 15) is 4.79 Å². The second-order valence-corrected chi connectivity index (χ2v) is 5.04. The number of carbonyl (C=O) groups is 1. The van der Waals surface area contributed by atoms with Crippen LogP contribution in [0.5, 0.6) is 5.75 Å². The highest BCUT2D eigenvalue weighted by Crippen LogP contribution is 2.24. The molecule has 0 saturated carbocycles. The summed E-state index contributed by atoms with van der Waals surface area (Å²) in [6.45, 7) is -0.152. The van der Waals surface area contributed by atoms with Crippen LogP contribution in [0.3, 0.4) is 0 Å². The lowest BCUT2D eigenvalue weighted by molar-refractivity contribution is -0.118. The Labute approximate surface area is 130 Å². The summed E-state index contributed by atoms with van der Waals surface area (Å²) < 4.78 is 5.98. The van der Waals surface area contributed by atoms with Crippen LogP contribution in [0.2, 0.25) is 0 Å². The zero-order valence-corrected chi connectivity index (χ0v) is 12.6. The highest BCUT2D eigenvalue weighted by atomic mass is 79.9. The van der Waals surface area contributed by atoms with Crippen molar-refractivity contribution in [3.05, 3.63) is 52.5 Å². The molecule has 0 aliphatic carbocycles. The lowest BCUT2D eigenvalue weighted by Crippen LogP contribution is -2.20. The minimum atomic E-state index is -0.316. The molecule has 0 bridgehead atoms. The Hall–Kier alpha value is -2.52. The Bertz CT molecular complexity index is 710. The molecule has 0 aliphatic heterocycles. The third-order valence-electron chi connectivity index (χ3n) is 2.65. The van der Waals surface area contributed by atoms with Crippen LogP contribution >= 0.6 is 15.9 Å². The van der Waals surface area contributed by atoms with Gasteiger partial charge in [-0.3, -0.25) is 4.79 Å². The number of nitrogens with one attached hydrogen (secondary N) is 1. The first-order chi connectivity index (χ1) is 10.1. The molecule has 5 nitrogen and oxygen atoms in total. The van der Waals surface area contributed by atoms with E-state index in [1.165, 1.54) is 0 Å². The molecule has 2 aromatic rings. The molecule has 2 rings (SSSR count). The van der Waals surface area contributed by atoms with E-state index < -0.39 is 0 Å². The van der Waals surface area contributed by atoms with E-state index in [1.807, 2.05) is 6.07 Å². The molecule has 3 N–H and O–H groups in total. The Morgan fingerprint density at radius 3 is 2.76 bits per heavy atom. The molecule has 0 saturated heterocycles. The number of carbonyl (C=O) groups excluding carboxylic acids is 1. The van der Waals surface area contributed by atoms with Gasteiger partial charge in [0.2, 0.25) is 0 Å². The standard InChI is InChI=1S/C15H12BrN3O2/c16-11-7-10(8-17)5-6-13(11)19-15(20)9-21-14-4-2-1-3-12(14)18/h1-7H,9,18H2,(H,19,20). The lowest BCUT2D eigenvalue weighted by atomic mass is 10.2. The maximum absolute atomic E-state index is 11.8. The predicted octanol–water partition coefficient (Wildman–Crippen LogP) is 2.92. The zero-order valence-electron chi connectivity index (χ0n) is 11.0. The first kappa shape index (κ1) is 14.9. The van der Waals surface area contributed by atoms with Crippen molar-refractivity contribution >= 4 is 33.2 Å². The molecule has 0 fully saturated rings. The summed E-state index contributed by atoms with van der Waals surface area (Å²) in [4.78, 5) is 11.8. The number of nitriles is 1. The van der Waals surface area contributed by atoms with E-state index in [2.05, 4.69) is 21.2 Å². The molecule has 21 heavy (non-hydrogen) atoms. The normalized spacial score (nSPS) is 9.71. The Morgan fingerprint density at radius 1 is 1.33 bits per heavy atom. The number of para-hydroxylation sites is 2. The van der Waals surface area contributed by atoms with Gasteiger partial charge in [-0.25, -0.2) is 0 Å². The van der Waals surface area contributed by atoms with Crippen molar-refractivity contribution in [1.29, 1.82) is 5.26 Å². The molecule has 0 radical (unpaired) electrons. The number of nitrogens with two attached hydrogens (primary N) is 1. The molecule has 0 spiro atoms. The van der Waals surface area contributed by atoms with Crippen LogP contribution < -0.4 is 15.8 Å². The summed E-state index contributed by atoms with van der Waals surface area (Å²) in [7, 11) is 0. The monoisotopic (exact) mass is 345 g/mol. The number of amides is 1. The fourth-order valence-electron chi connectivity index (χ4n) is 1.63. The number of hydrogen-bond donors (Lipinski definition) is 2. The first-order valence-corrected chi connectivity index (χ1v) is 6.86. The van der Waals surface area contributed by atoms with Crippen LogP contribution in [0, 0.1) is 11.3 Å². The largest absolute Gasteiger partial charge is 0.482 e. The summed E-state index contributed by atoms with van der Waals surface area (Å²) in [5.74, 6) is 0.148. The Kier molecular flexibility index (Phi) is 4.80. The second-order valence-electron chi connectivity index (χ2n) is 4.18. The fraction of sp³-hybridized carbons (Fsp3) is 0.0667. The van der Waals surface area contributed by atoms with Crippen molar-refractivity contribution in [2.45, 2.75) is 0 Å². The van der Waals surface area contributed by atoms with Crippen molar-refractivity contribution in [3.63, 3.8) is 0 Å². The van der Waals surface area contributed by atoms with Gasteiger partial charge in [0.15, 0.2) is 6.61 Å². The number of rotatable bonds is 4. The van der Waals surface area contributed by atoms with Gasteiger partial charge in [0, 0.05) is 4.47 Å². The van der Waals surface area contributed by atoms with E-state index in [0.717, 1.165) is 0 Å². The summed E-state index contributed by atoms with van der Waals surface area (Å²) in [6.07, 6.45) is 0. The van der Waals surface area contributed by atoms with Crippen LogP contribution in [-0.2, 0) is 4.79 Å². The summed E-state index contributed by atoms with van der Waals surface area (Å²) in [5, 5.41) is 11.5. The van der Waals surface area contributed by atoms with E-state index >= 15 is 0 Å². The predicted molar refractivity (Wildman–Crippen MR) is 83.8 cm³/mol. The molecule has 2 aromatic carbocycles. The van der Waals surface area contributed by atoms with Gasteiger partial charge in [-0.2, -0.15) is 5.26 Å². The SMILES string of the molecule is N#Cc1ccc(NC(=O)COc2ccccc2N)c(Br)c1. The molecular formula is C15H12BrN3O2. The minimum absolute atomic E-state index is 0.152. The van der Waals surface area contributed by atoms with Crippen LogP contribution in [0.4, 0.5) is 11.4 Å². The smallest absolute Gasteiger partial charge is 0.262 e. The molecule has 6 heteroatoms. The van der Waals surface area contributed by atoms with Crippen molar-refractivity contribution in [1.82, 2.24) is 0 Å². The maximum Gasteiger partial charge on any atom is 0.262 e. The number of nitrogen functional groups attached to an aromatic ring is 1. The molecule has 0 aromatic heterocycles. The van der Waals surface area contributed by atoms with Crippen LogP contribution in [0.15, 0.2) is 46.9 Å². The number of benzene rings is 2. The summed E-state index contributed by atoms with van der Waals surface area (Å²) in [6, 6.07) is 13.9. The maximum atomic E-state index is 11.8. The molecule has 0 aliphatic rings.